The molecular weight excluding hydrogens is 581 g/mol. The highest BCUT2D eigenvalue weighted by molar-refractivity contribution is 8.26. The van der Waals surface area contributed by atoms with Crippen LogP contribution >= 0.6 is 47.2 Å². The number of amides is 3. The van der Waals surface area contributed by atoms with Crippen molar-refractivity contribution in [1.29, 1.82) is 0 Å². The van der Waals surface area contributed by atoms with Gasteiger partial charge < -0.3 is 9.88 Å². The second kappa shape index (κ2) is 11.1. The number of carbonyl (C=O) groups excluding carboxylic acids is 2. The van der Waals surface area contributed by atoms with E-state index < -0.39 is 16.9 Å². The standard InChI is InChI=1S/C26H17Cl2N5O4S2/c27-20-10-7-17(12-21(20)28)29-25(35)30-32-24(34)23(39-26(32)38)11-16-14-31(22-4-2-1-3-19(16)22)13-15-5-8-18(9-6-15)33(36)37/h1-12,14H,13H2,(H2,29,30,35)/b23-11-. The molecule has 13 heteroatoms. The number of non-ortho nitro benzene ring substituents is 1. The van der Waals surface area contributed by atoms with Crippen LogP contribution in [0.3, 0.4) is 0 Å². The van der Waals surface area contributed by atoms with Crippen LogP contribution in [0.1, 0.15) is 11.1 Å². The summed E-state index contributed by atoms with van der Waals surface area (Å²) in [6.45, 7) is 0.476. The van der Waals surface area contributed by atoms with E-state index in [1.54, 1.807) is 30.3 Å². The minimum atomic E-state index is -0.675. The smallest absolute Gasteiger partial charge is 0.338 e. The van der Waals surface area contributed by atoms with Gasteiger partial charge in [-0.25, -0.2) is 10.2 Å². The molecule has 1 aromatic heterocycles. The number of halogens is 2. The van der Waals surface area contributed by atoms with Crippen molar-refractivity contribution in [1.82, 2.24) is 15.0 Å². The highest BCUT2D eigenvalue weighted by Crippen LogP contribution is 2.34. The molecule has 1 aliphatic heterocycles. The zero-order valence-electron chi connectivity index (χ0n) is 19.8. The minimum absolute atomic E-state index is 0.0260. The lowest BCUT2D eigenvalue weighted by molar-refractivity contribution is -0.384. The number of rotatable bonds is 6. The van der Waals surface area contributed by atoms with E-state index in [9.17, 15) is 19.7 Å². The molecule has 1 aliphatic rings. The van der Waals surface area contributed by atoms with Gasteiger partial charge >= 0.3 is 6.03 Å². The lowest BCUT2D eigenvalue weighted by Crippen LogP contribution is -2.46. The van der Waals surface area contributed by atoms with E-state index in [0.29, 0.717) is 22.2 Å². The highest BCUT2D eigenvalue weighted by Gasteiger charge is 2.34. The van der Waals surface area contributed by atoms with E-state index in [1.165, 1.54) is 18.2 Å². The number of hydrazine groups is 1. The Hall–Kier alpha value is -3.90. The molecule has 1 saturated heterocycles. The maximum Gasteiger partial charge on any atom is 0.338 e. The van der Waals surface area contributed by atoms with Crippen LogP contribution in [0.2, 0.25) is 10.0 Å². The molecule has 2 N–H and O–H groups in total. The lowest BCUT2D eigenvalue weighted by Gasteiger charge is -2.16. The summed E-state index contributed by atoms with van der Waals surface area (Å²) in [5, 5.41) is 16.1. The number of nitrogens with one attached hydrogen (secondary N) is 2. The largest absolute Gasteiger partial charge is 0.342 e. The van der Waals surface area contributed by atoms with Gasteiger partial charge in [0.2, 0.25) is 0 Å². The van der Waals surface area contributed by atoms with Crippen LogP contribution in [-0.4, -0.2) is 30.8 Å². The van der Waals surface area contributed by atoms with E-state index in [4.69, 9.17) is 35.4 Å². The van der Waals surface area contributed by atoms with Crippen LogP contribution in [0, 0.1) is 10.1 Å². The Labute approximate surface area is 241 Å². The van der Waals surface area contributed by atoms with Crippen molar-refractivity contribution in [3.05, 3.63) is 109 Å². The van der Waals surface area contributed by atoms with Crippen LogP contribution in [0.5, 0.6) is 0 Å². The number of thiocarbonyl (C=S) groups is 1. The Bertz CT molecular complexity index is 1690. The lowest BCUT2D eigenvalue weighted by atomic mass is 10.1. The van der Waals surface area contributed by atoms with Gasteiger partial charge in [0, 0.05) is 47.0 Å². The molecule has 9 nitrogen and oxygen atoms in total. The van der Waals surface area contributed by atoms with Gasteiger partial charge in [0.15, 0.2) is 4.32 Å². The average molecular weight is 598 g/mol. The number of carbonyl (C=O) groups is 2. The first-order valence-corrected chi connectivity index (χ1v) is 13.3. The van der Waals surface area contributed by atoms with Gasteiger partial charge in [0.05, 0.1) is 19.9 Å². The summed E-state index contributed by atoms with van der Waals surface area (Å²) in [6, 6.07) is 18.0. The molecule has 4 aromatic rings. The van der Waals surface area contributed by atoms with Crippen molar-refractivity contribution >= 4 is 91.8 Å². The van der Waals surface area contributed by atoms with Crippen molar-refractivity contribution in [2.75, 3.05) is 5.32 Å². The number of thioether (sulfide) groups is 1. The van der Waals surface area contributed by atoms with Gasteiger partial charge in [-0.2, -0.15) is 5.01 Å². The molecule has 0 bridgehead atoms. The number of para-hydroxylation sites is 1. The Morgan fingerprint density at radius 3 is 2.54 bits per heavy atom. The fourth-order valence-electron chi connectivity index (χ4n) is 3.98. The third-order valence-electron chi connectivity index (χ3n) is 5.79. The van der Waals surface area contributed by atoms with Crippen molar-refractivity contribution in [3.63, 3.8) is 0 Å². The van der Waals surface area contributed by atoms with Gasteiger partial charge in [-0.15, -0.1) is 0 Å². The first kappa shape index (κ1) is 26.7. The highest BCUT2D eigenvalue weighted by atomic mass is 35.5. The SMILES string of the molecule is O=C(Nc1ccc(Cl)c(Cl)c1)NN1C(=O)/C(=C/c2cn(Cc3ccc([N+](=O)[O-])cc3)c3ccccc23)SC1=S. The third kappa shape index (κ3) is 5.76. The first-order chi connectivity index (χ1) is 18.7. The van der Waals surface area contributed by atoms with Gasteiger partial charge in [-0.05, 0) is 48.1 Å². The number of nitro benzene ring substituents is 1. The molecule has 3 aromatic carbocycles. The average Bonchev–Trinajstić information content (AvgIpc) is 3.38. The fourth-order valence-corrected chi connectivity index (χ4v) is 5.45. The summed E-state index contributed by atoms with van der Waals surface area (Å²) in [5.41, 5.74) is 5.48. The van der Waals surface area contributed by atoms with E-state index in [1.807, 2.05) is 35.0 Å². The van der Waals surface area contributed by atoms with E-state index in [0.717, 1.165) is 38.8 Å². The molecule has 0 radical (unpaired) electrons. The second-order valence-corrected chi connectivity index (χ2v) is 10.9. The van der Waals surface area contributed by atoms with Crippen molar-refractivity contribution in [3.8, 4) is 0 Å². The molecule has 1 fully saturated rings. The number of urea groups is 1. The maximum absolute atomic E-state index is 13.1. The van der Waals surface area contributed by atoms with Crippen molar-refractivity contribution in [2.24, 2.45) is 0 Å². The Kier molecular flexibility index (Phi) is 7.58. The molecule has 3 amide bonds. The zero-order valence-corrected chi connectivity index (χ0v) is 22.9. The van der Waals surface area contributed by atoms with Crippen LogP contribution in [0.25, 0.3) is 17.0 Å². The van der Waals surface area contributed by atoms with Crippen molar-refractivity contribution < 1.29 is 14.5 Å². The fraction of sp³-hybridized carbons (Fsp3) is 0.0385. The van der Waals surface area contributed by atoms with Gasteiger partial charge in [-0.3, -0.25) is 14.9 Å². The van der Waals surface area contributed by atoms with E-state index >= 15 is 0 Å². The number of benzene rings is 3. The number of nitrogens with zero attached hydrogens (tertiary/aromatic N) is 3. The summed E-state index contributed by atoms with van der Waals surface area (Å²) in [4.78, 5) is 36.5. The second-order valence-electron chi connectivity index (χ2n) is 8.36. The van der Waals surface area contributed by atoms with Crippen LogP contribution in [-0.2, 0) is 11.3 Å². The Morgan fingerprint density at radius 2 is 1.82 bits per heavy atom. The molecular formula is C26H17Cl2N5O4S2. The van der Waals surface area contributed by atoms with Crippen LogP contribution in [0.4, 0.5) is 16.2 Å². The maximum atomic E-state index is 13.1. The summed E-state index contributed by atoms with van der Waals surface area (Å²) in [5.74, 6) is -0.471. The molecule has 0 atom stereocenters. The molecule has 5 rings (SSSR count). The van der Waals surface area contributed by atoms with Gasteiger partial charge in [-0.1, -0.05) is 65.3 Å². The number of nitro groups is 1. The van der Waals surface area contributed by atoms with Gasteiger partial charge in [0.25, 0.3) is 11.6 Å². The number of fused-ring (bicyclic) bond motifs is 1. The summed E-state index contributed by atoms with van der Waals surface area (Å²) in [6.07, 6.45) is 3.63. The van der Waals surface area contributed by atoms with Crippen LogP contribution in [0.15, 0.2) is 77.8 Å². The molecule has 0 spiro atoms. The van der Waals surface area contributed by atoms with Crippen LogP contribution < -0.4 is 10.7 Å². The van der Waals surface area contributed by atoms with Crippen molar-refractivity contribution in [2.45, 2.75) is 6.54 Å². The van der Waals surface area contributed by atoms with E-state index in [2.05, 4.69) is 10.7 Å². The van der Waals surface area contributed by atoms with E-state index in [-0.39, 0.29) is 15.0 Å². The normalized spacial score (nSPS) is 14.3. The minimum Gasteiger partial charge on any atom is -0.342 e. The number of anilines is 1. The predicted molar refractivity (Wildman–Crippen MR) is 158 cm³/mol. The van der Waals surface area contributed by atoms with Gasteiger partial charge in [0.1, 0.15) is 0 Å². The molecule has 2 heterocycles. The molecule has 196 valence electrons. The summed E-state index contributed by atoms with van der Waals surface area (Å²) < 4.78 is 2.18. The molecule has 0 saturated carbocycles. The number of hydrogen-bond acceptors (Lipinski definition) is 6. The molecule has 39 heavy (non-hydrogen) atoms. The number of aromatic nitrogens is 1. The first-order valence-electron chi connectivity index (χ1n) is 11.3. The Morgan fingerprint density at radius 1 is 1.08 bits per heavy atom. The molecule has 0 unspecified atom stereocenters. The summed E-state index contributed by atoms with van der Waals surface area (Å²) in [7, 11) is 0. The predicted octanol–water partition coefficient (Wildman–Crippen LogP) is 6.84. The topological polar surface area (TPSA) is 110 Å². The number of hydrogen-bond donors (Lipinski definition) is 2. The third-order valence-corrected chi connectivity index (χ3v) is 7.83. The monoisotopic (exact) mass is 597 g/mol. The quantitative estimate of drug-likeness (QED) is 0.109. The zero-order chi connectivity index (χ0) is 27.7. The Balaban J connectivity index is 1.35. The molecule has 0 aliphatic carbocycles. The summed E-state index contributed by atoms with van der Waals surface area (Å²) >= 11 is 18.3.